The first-order valence-electron chi connectivity index (χ1n) is 10.3. The van der Waals surface area contributed by atoms with Crippen LogP contribution in [0.3, 0.4) is 0 Å². The van der Waals surface area contributed by atoms with Crippen molar-refractivity contribution in [2.45, 2.75) is 32.0 Å². The minimum Gasteiger partial charge on any atom is -0.454 e. The molecule has 164 valence electrons. The highest BCUT2D eigenvalue weighted by Gasteiger charge is 2.36. The van der Waals surface area contributed by atoms with Gasteiger partial charge in [0.15, 0.2) is 17.3 Å². The second-order valence-electron chi connectivity index (χ2n) is 7.74. The van der Waals surface area contributed by atoms with Gasteiger partial charge in [-0.2, -0.15) is 5.10 Å². The van der Waals surface area contributed by atoms with Gasteiger partial charge in [0.25, 0.3) is 0 Å². The van der Waals surface area contributed by atoms with Gasteiger partial charge in [0, 0.05) is 30.8 Å². The van der Waals surface area contributed by atoms with Crippen LogP contribution >= 0.6 is 0 Å². The molecule has 32 heavy (non-hydrogen) atoms. The topological polar surface area (TPSA) is 85.7 Å². The summed E-state index contributed by atoms with van der Waals surface area (Å²) >= 11 is 0. The number of likely N-dealkylation sites (tertiary alicyclic amines) is 1. The number of rotatable bonds is 6. The molecule has 3 heterocycles. The Hall–Kier alpha value is -3.88. The Morgan fingerprint density at radius 3 is 2.84 bits per heavy atom. The first-order chi connectivity index (χ1) is 15.6. The molecule has 1 unspecified atom stereocenters. The second kappa shape index (κ2) is 8.33. The Morgan fingerprint density at radius 2 is 1.97 bits per heavy atom. The molecule has 0 bridgehead atoms. The van der Waals surface area contributed by atoms with Crippen LogP contribution in [0, 0.1) is 5.82 Å². The van der Waals surface area contributed by atoms with Gasteiger partial charge in [-0.3, -0.25) is 14.3 Å². The molecule has 2 aliphatic heterocycles. The van der Waals surface area contributed by atoms with E-state index in [9.17, 15) is 14.0 Å². The van der Waals surface area contributed by atoms with Gasteiger partial charge in [0.1, 0.15) is 11.9 Å². The van der Waals surface area contributed by atoms with Crippen LogP contribution in [0.2, 0.25) is 0 Å². The number of carbonyl (C=O) groups excluding carboxylic acids is 2. The molecule has 0 spiro atoms. The lowest BCUT2D eigenvalue weighted by Crippen LogP contribution is -2.41. The van der Waals surface area contributed by atoms with Gasteiger partial charge >= 0.3 is 0 Å². The lowest BCUT2D eigenvalue weighted by atomic mass is 10.1. The van der Waals surface area contributed by atoms with Crippen LogP contribution in [0.15, 0.2) is 54.7 Å². The number of fused-ring (bicyclic) bond motifs is 1. The number of nitrogens with zero attached hydrogens (tertiary/aromatic N) is 3. The Kier molecular flexibility index (Phi) is 5.22. The van der Waals surface area contributed by atoms with Crippen LogP contribution < -0.4 is 14.8 Å². The predicted molar refractivity (Wildman–Crippen MR) is 112 cm³/mol. The van der Waals surface area contributed by atoms with Crippen molar-refractivity contribution in [3.05, 3.63) is 71.7 Å². The molecule has 1 saturated heterocycles. The predicted octanol–water partition coefficient (Wildman–Crippen LogP) is 2.93. The van der Waals surface area contributed by atoms with Crippen molar-refractivity contribution in [2.75, 3.05) is 12.1 Å². The van der Waals surface area contributed by atoms with Crippen molar-refractivity contribution in [3.8, 4) is 11.5 Å². The number of ether oxygens (including phenoxy) is 2. The number of hydrogen-bond acceptors (Lipinski definition) is 5. The zero-order valence-electron chi connectivity index (χ0n) is 17.2. The van der Waals surface area contributed by atoms with Crippen LogP contribution in [-0.2, 0) is 22.7 Å². The number of anilines is 1. The maximum atomic E-state index is 13.9. The molecule has 2 amide bonds. The standard InChI is InChI=1S/C23H21FN4O4/c24-17-4-2-1-3-16(17)13-27-10-9-21(26-27)25-23(30)18-6-8-22(29)28(18)12-15-5-7-19-20(11-15)32-14-31-19/h1-5,7,9-11,18H,6,8,12-14H2,(H,25,26,30). The Morgan fingerprint density at radius 1 is 1.12 bits per heavy atom. The number of carbonyl (C=O) groups is 2. The summed E-state index contributed by atoms with van der Waals surface area (Å²) in [6.07, 6.45) is 2.42. The highest BCUT2D eigenvalue weighted by Crippen LogP contribution is 2.33. The summed E-state index contributed by atoms with van der Waals surface area (Å²) < 4.78 is 26.1. The summed E-state index contributed by atoms with van der Waals surface area (Å²) in [7, 11) is 0. The molecule has 2 aliphatic rings. The number of halogens is 1. The van der Waals surface area contributed by atoms with E-state index in [1.54, 1.807) is 46.1 Å². The molecule has 1 atom stereocenters. The van der Waals surface area contributed by atoms with Gasteiger partial charge in [0.2, 0.25) is 18.6 Å². The van der Waals surface area contributed by atoms with Crippen LogP contribution in [-0.4, -0.2) is 39.3 Å². The molecule has 5 rings (SSSR count). The summed E-state index contributed by atoms with van der Waals surface area (Å²) in [4.78, 5) is 26.9. The highest BCUT2D eigenvalue weighted by atomic mass is 19.1. The fourth-order valence-electron chi connectivity index (χ4n) is 3.97. The van der Waals surface area contributed by atoms with E-state index >= 15 is 0 Å². The van der Waals surface area contributed by atoms with E-state index in [0.717, 1.165) is 5.56 Å². The summed E-state index contributed by atoms with van der Waals surface area (Å²) in [5.74, 6) is 0.976. The van der Waals surface area contributed by atoms with E-state index in [2.05, 4.69) is 10.4 Å². The fraction of sp³-hybridized carbons (Fsp3) is 0.261. The molecule has 2 aromatic carbocycles. The minimum absolute atomic E-state index is 0.0760. The normalized spacial score (nSPS) is 17.1. The van der Waals surface area contributed by atoms with Gasteiger partial charge in [0.05, 0.1) is 6.54 Å². The van der Waals surface area contributed by atoms with Gasteiger partial charge in [-0.1, -0.05) is 24.3 Å². The van der Waals surface area contributed by atoms with Crippen molar-refractivity contribution in [2.24, 2.45) is 0 Å². The lowest BCUT2D eigenvalue weighted by Gasteiger charge is -2.24. The Balaban J connectivity index is 1.25. The van der Waals surface area contributed by atoms with Gasteiger partial charge < -0.3 is 19.7 Å². The maximum Gasteiger partial charge on any atom is 0.248 e. The van der Waals surface area contributed by atoms with Gasteiger partial charge in [-0.15, -0.1) is 0 Å². The van der Waals surface area contributed by atoms with Gasteiger partial charge in [-0.05, 0) is 30.2 Å². The van der Waals surface area contributed by atoms with Crippen LogP contribution in [0.4, 0.5) is 10.2 Å². The molecular formula is C23H21FN4O4. The van der Waals surface area contributed by atoms with E-state index in [0.29, 0.717) is 42.3 Å². The zero-order chi connectivity index (χ0) is 22.1. The van der Waals surface area contributed by atoms with Crippen LogP contribution in [0.25, 0.3) is 0 Å². The largest absolute Gasteiger partial charge is 0.454 e. The molecule has 9 heteroatoms. The Labute approximate surface area is 183 Å². The molecule has 0 radical (unpaired) electrons. The summed E-state index contributed by atoms with van der Waals surface area (Å²) in [5, 5.41) is 7.09. The first-order valence-corrected chi connectivity index (χ1v) is 10.3. The third-order valence-electron chi connectivity index (χ3n) is 5.60. The van der Waals surface area contributed by atoms with E-state index in [-0.39, 0.29) is 31.0 Å². The smallest absolute Gasteiger partial charge is 0.248 e. The SMILES string of the molecule is O=C(Nc1ccn(Cc2ccccc2F)n1)C1CCC(=O)N1Cc1ccc2c(c1)OCO2. The van der Waals surface area contributed by atoms with Gasteiger partial charge in [-0.25, -0.2) is 4.39 Å². The summed E-state index contributed by atoms with van der Waals surface area (Å²) in [6, 6.07) is 13.0. The molecule has 1 fully saturated rings. The molecule has 3 aromatic rings. The lowest BCUT2D eigenvalue weighted by molar-refractivity contribution is -0.133. The molecule has 8 nitrogen and oxygen atoms in total. The third-order valence-corrected chi connectivity index (χ3v) is 5.60. The first kappa shape index (κ1) is 20.0. The number of benzene rings is 2. The molecule has 0 saturated carbocycles. The van der Waals surface area contributed by atoms with Crippen molar-refractivity contribution in [3.63, 3.8) is 0 Å². The summed E-state index contributed by atoms with van der Waals surface area (Å²) in [5.41, 5.74) is 1.36. The molecular weight excluding hydrogens is 415 g/mol. The second-order valence-corrected chi connectivity index (χ2v) is 7.74. The zero-order valence-corrected chi connectivity index (χ0v) is 17.2. The average molecular weight is 436 g/mol. The molecule has 0 aliphatic carbocycles. The van der Waals surface area contributed by atoms with Crippen molar-refractivity contribution < 1.29 is 23.5 Å². The van der Waals surface area contributed by atoms with Crippen LogP contribution in [0.1, 0.15) is 24.0 Å². The molecule has 1 aromatic heterocycles. The van der Waals surface area contributed by atoms with E-state index in [4.69, 9.17) is 9.47 Å². The summed E-state index contributed by atoms with van der Waals surface area (Å²) in [6.45, 7) is 0.728. The number of aromatic nitrogens is 2. The van der Waals surface area contributed by atoms with Crippen LogP contribution in [0.5, 0.6) is 11.5 Å². The van der Waals surface area contributed by atoms with E-state index in [1.165, 1.54) is 6.07 Å². The van der Waals surface area contributed by atoms with E-state index in [1.807, 2.05) is 12.1 Å². The van der Waals surface area contributed by atoms with Crippen molar-refractivity contribution >= 4 is 17.6 Å². The quantitative estimate of drug-likeness (QED) is 0.642. The third kappa shape index (κ3) is 4.01. The van der Waals surface area contributed by atoms with E-state index < -0.39 is 6.04 Å². The van der Waals surface area contributed by atoms with Crippen molar-refractivity contribution in [1.82, 2.24) is 14.7 Å². The highest BCUT2D eigenvalue weighted by molar-refractivity contribution is 5.98. The minimum atomic E-state index is -0.593. The number of hydrogen-bond donors (Lipinski definition) is 1. The number of nitrogens with one attached hydrogen (secondary N) is 1. The monoisotopic (exact) mass is 436 g/mol. The number of amides is 2. The average Bonchev–Trinajstić information content (AvgIpc) is 3.51. The Bertz CT molecular complexity index is 1180. The molecule has 1 N–H and O–H groups in total. The van der Waals surface area contributed by atoms with Crippen molar-refractivity contribution in [1.29, 1.82) is 0 Å². The fourth-order valence-corrected chi connectivity index (χ4v) is 3.97. The maximum absolute atomic E-state index is 13.9.